The van der Waals surface area contributed by atoms with Gasteiger partial charge in [0, 0.05) is 37.0 Å². The second kappa shape index (κ2) is 8.49. The van der Waals surface area contributed by atoms with Gasteiger partial charge in [-0.2, -0.15) is 5.26 Å². The summed E-state index contributed by atoms with van der Waals surface area (Å²) in [4.78, 5) is 14.6. The lowest BCUT2D eigenvalue weighted by Crippen LogP contribution is -2.45. The summed E-state index contributed by atoms with van der Waals surface area (Å²) in [6, 6.07) is 11.4. The molecule has 2 unspecified atom stereocenters. The van der Waals surface area contributed by atoms with Gasteiger partial charge in [-0.3, -0.25) is 14.9 Å². The van der Waals surface area contributed by atoms with Gasteiger partial charge in [0.1, 0.15) is 5.84 Å². The van der Waals surface area contributed by atoms with Crippen LogP contribution in [0.2, 0.25) is 0 Å². The van der Waals surface area contributed by atoms with Crippen molar-refractivity contribution in [3.05, 3.63) is 82.7 Å². The number of amidine groups is 1. The average Bonchev–Trinajstić information content (AvgIpc) is 3.17. The molecule has 0 fully saturated rings. The lowest BCUT2D eigenvalue weighted by atomic mass is 9.95. The number of nitrogens with zero attached hydrogens (tertiary/aromatic N) is 5. The van der Waals surface area contributed by atoms with Crippen LogP contribution in [0.3, 0.4) is 0 Å². The van der Waals surface area contributed by atoms with E-state index < -0.39 is 0 Å². The highest BCUT2D eigenvalue weighted by Crippen LogP contribution is 2.36. The molecule has 1 aromatic rings. The van der Waals surface area contributed by atoms with Crippen LogP contribution in [0.15, 0.2) is 81.6 Å². The number of aryl methyl sites for hydroxylation is 1. The van der Waals surface area contributed by atoms with Crippen molar-refractivity contribution in [1.29, 1.82) is 5.26 Å². The molecule has 0 amide bonds. The molecule has 5 rings (SSSR count). The molecule has 0 spiro atoms. The molecule has 0 saturated carbocycles. The van der Waals surface area contributed by atoms with Gasteiger partial charge in [0.2, 0.25) is 0 Å². The largest absolute Gasteiger partial charge is 0.323 e. The molecule has 1 aromatic carbocycles. The Morgan fingerprint density at radius 2 is 2.00 bits per heavy atom. The van der Waals surface area contributed by atoms with Gasteiger partial charge in [-0.25, -0.2) is 0 Å². The number of nitriles is 1. The predicted octanol–water partition coefficient (Wildman–Crippen LogP) is 4.48. The Labute approximate surface area is 184 Å². The lowest BCUT2D eigenvalue weighted by Gasteiger charge is -2.34. The van der Waals surface area contributed by atoms with Crippen molar-refractivity contribution in [2.24, 2.45) is 9.98 Å². The molecule has 156 valence electrons. The van der Waals surface area contributed by atoms with Crippen LogP contribution in [0.1, 0.15) is 36.4 Å². The zero-order valence-electron chi connectivity index (χ0n) is 17.9. The Morgan fingerprint density at radius 3 is 2.77 bits per heavy atom. The van der Waals surface area contributed by atoms with Gasteiger partial charge in [0.25, 0.3) is 0 Å². The number of benzene rings is 1. The van der Waals surface area contributed by atoms with Gasteiger partial charge in [-0.1, -0.05) is 54.1 Å². The normalized spacial score (nSPS) is 25.4. The van der Waals surface area contributed by atoms with Crippen molar-refractivity contribution in [1.82, 2.24) is 9.80 Å². The van der Waals surface area contributed by atoms with Crippen molar-refractivity contribution < 1.29 is 0 Å². The van der Waals surface area contributed by atoms with Gasteiger partial charge >= 0.3 is 0 Å². The zero-order chi connectivity index (χ0) is 21.2. The third kappa shape index (κ3) is 3.92. The van der Waals surface area contributed by atoms with Crippen LogP contribution in [0.5, 0.6) is 0 Å². The molecule has 0 bridgehead atoms. The first-order valence-electron chi connectivity index (χ1n) is 11.1. The Bertz CT molecular complexity index is 1080. The molecule has 3 aliphatic heterocycles. The van der Waals surface area contributed by atoms with E-state index >= 15 is 0 Å². The molecule has 0 radical (unpaired) electrons. The molecule has 0 N–H and O–H groups in total. The monoisotopic (exact) mass is 409 g/mol. The van der Waals surface area contributed by atoms with E-state index in [0.717, 1.165) is 61.6 Å². The summed E-state index contributed by atoms with van der Waals surface area (Å²) >= 11 is 0. The van der Waals surface area contributed by atoms with Gasteiger partial charge in [0.15, 0.2) is 0 Å². The number of aliphatic imine (C=N–C) groups is 2. The predicted molar refractivity (Wildman–Crippen MR) is 125 cm³/mol. The standard InChI is InChI=1S/C26H27N5/c1-19-9-11-20(12-10-19)26-24(18-30-13-5-2-6-14-30)31-17-23(28-16-25(31)29-26)22-8-4-3-7-21(22)15-27/h2,4-5,8-12,16-17,24,26H,3,6-7,13-14,18H2,1H3. The van der Waals surface area contributed by atoms with Crippen molar-refractivity contribution in [3.8, 4) is 6.07 Å². The van der Waals surface area contributed by atoms with Crippen molar-refractivity contribution in [2.75, 3.05) is 19.6 Å². The highest BCUT2D eigenvalue weighted by atomic mass is 15.3. The van der Waals surface area contributed by atoms with Crippen LogP contribution < -0.4 is 0 Å². The Kier molecular flexibility index (Phi) is 5.40. The molecule has 5 nitrogen and oxygen atoms in total. The number of hydrogen-bond donors (Lipinski definition) is 0. The van der Waals surface area contributed by atoms with E-state index in [9.17, 15) is 5.26 Å². The molecule has 2 atom stereocenters. The first-order chi connectivity index (χ1) is 15.2. The fourth-order valence-corrected chi connectivity index (χ4v) is 4.70. The van der Waals surface area contributed by atoms with Crippen LogP contribution in [-0.4, -0.2) is 47.5 Å². The summed E-state index contributed by atoms with van der Waals surface area (Å²) in [7, 11) is 0. The Morgan fingerprint density at radius 1 is 1.13 bits per heavy atom. The van der Waals surface area contributed by atoms with Crippen LogP contribution >= 0.6 is 0 Å². The maximum atomic E-state index is 9.59. The highest BCUT2D eigenvalue weighted by molar-refractivity contribution is 6.31. The minimum Gasteiger partial charge on any atom is -0.323 e. The summed E-state index contributed by atoms with van der Waals surface area (Å²) in [6.45, 7) is 5.11. The van der Waals surface area contributed by atoms with E-state index in [1.54, 1.807) is 0 Å². The smallest absolute Gasteiger partial charge is 0.147 e. The third-order valence-electron chi connectivity index (χ3n) is 6.43. The molecular formula is C26H27N5. The summed E-state index contributed by atoms with van der Waals surface area (Å²) in [5.74, 6) is 0.908. The maximum absolute atomic E-state index is 9.59. The number of allylic oxidation sites excluding steroid dienone is 3. The number of rotatable bonds is 4. The van der Waals surface area contributed by atoms with Gasteiger partial charge in [0.05, 0.1) is 30.1 Å². The zero-order valence-corrected chi connectivity index (χ0v) is 17.9. The van der Waals surface area contributed by atoms with E-state index in [1.165, 1.54) is 11.1 Å². The molecule has 31 heavy (non-hydrogen) atoms. The van der Waals surface area contributed by atoms with Crippen LogP contribution in [0.4, 0.5) is 0 Å². The van der Waals surface area contributed by atoms with E-state index in [1.807, 2.05) is 12.3 Å². The number of hydrogen-bond acceptors (Lipinski definition) is 5. The quantitative estimate of drug-likeness (QED) is 0.689. The summed E-state index contributed by atoms with van der Waals surface area (Å²) < 4.78 is 0. The second-order valence-corrected chi connectivity index (χ2v) is 8.55. The van der Waals surface area contributed by atoms with Crippen molar-refractivity contribution in [3.63, 3.8) is 0 Å². The van der Waals surface area contributed by atoms with E-state index in [-0.39, 0.29) is 12.1 Å². The maximum Gasteiger partial charge on any atom is 0.147 e. The Hall–Kier alpha value is -3.23. The lowest BCUT2D eigenvalue weighted by molar-refractivity contribution is 0.223. The van der Waals surface area contributed by atoms with Gasteiger partial charge in [-0.15, -0.1) is 0 Å². The van der Waals surface area contributed by atoms with Gasteiger partial charge in [-0.05, 0) is 31.7 Å². The minimum absolute atomic E-state index is 0.0647. The van der Waals surface area contributed by atoms with Crippen LogP contribution in [0.25, 0.3) is 0 Å². The molecule has 5 heteroatoms. The second-order valence-electron chi connectivity index (χ2n) is 8.55. The van der Waals surface area contributed by atoms with E-state index in [0.29, 0.717) is 0 Å². The highest BCUT2D eigenvalue weighted by Gasteiger charge is 2.38. The molecule has 4 aliphatic rings. The van der Waals surface area contributed by atoms with Crippen LogP contribution in [0, 0.1) is 18.3 Å². The van der Waals surface area contributed by atoms with Crippen molar-refractivity contribution in [2.45, 2.75) is 38.3 Å². The fourth-order valence-electron chi connectivity index (χ4n) is 4.70. The minimum atomic E-state index is 0.0647. The molecule has 0 saturated heterocycles. The van der Waals surface area contributed by atoms with E-state index in [2.05, 4.69) is 71.5 Å². The van der Waals surface area contributed by atoms with Crippen LogP contribution in [-0.2, 0) is 0 Å². The SMILES string of the molecule is Cc1ccc(C2N=C3C=NC(C4=C(C#N)CCC=C4)=CN3C2CN2CC=CCC2)cc1. The Balaban J connectivity index is 1.50. The molecule has 0 aromatic heterocycles. The van der Waals surface area contributed by atoms with E-state index in [4.69, 9.17) is 9.98 Å². The summed E-state index contributed by atoms with van der Waals surface area (Å²) in [6.07, 6.45) is 15.5. The first kappa shape index (κ1) is 19.7. The number of fused-ring (bicyclic) bond motifs is 1. The van der Waals surface area contributed by atoms with Crippen molar-refractivity contribution >= 4 is 12.1 Å². The molecule has 3 heterocycles. The fraction of sp³-hybridized carbons (Fsp3) is 0.346. The summed E-state index contributed by atoms with van der Waals surface area (Å²) in [5.41, 5.74) is 5.12. The van der Waals surface area contributed by atoms with Gasteiger partial charge < -0.3 is 4.90 Å². The molecular weight excluding hydrogens is 382 g/mol. The average molecular weight is 410 g/mol. The summed E-state index contributed by atoms with van der Waals surface area (Å²) in [5, 5.41) is 9.59. The third-order valence-corrected chi connectivity index (χ3v) is 6.43. The topological polar surface area (TPSA) is 55.0 Å². The first-order valence-corrected chi connectivity index (χ1v) is 11.1. The molecule has 1 aliphatic carbocycles.